The first-order chi connectivity index (χ1) is 14.1. The Balaban J connectivity index is 1.87. The highest BCUT2D eigenvalue weighted by molar-refractivity contribution is 9.10. The van der Waals surface area contributed by atoms with Crippen LogP contribution < -0.4 is 0 Å². The number of hydrogen-bond acceptors (Lipinski definition) is 1. The highest BCUT2D eigenvalue weighted by Gasteiger charge is 2.15. The second kappa shape index (κ2) is 8.06. The Kier molecular flexibility index (Phi) is 5.33. The van der Waals surface area contributed by atoms with Gasteiger partial charge in [0, 0.05) is 38.7 Å². The maximum atomic E-state index is 14.3. The van der Waals surface area contributed by atoms with Crippen LogP contribution in [0.4, 0.5) is 4.39 Å². The maximum absolute atomic E-state index is 14.3. The van der Waals surface area contributed by atoms with Crippen LogP contribution in [0.5, 0.6) is 0 Å². The Labute approximate surface area is 177 Å². The highest BCUT2D eigenvalue weighted by Crippen LogP contribution is 2.31. The second-order valence-corrected chi connectivity index (χ2v) is 7.79. The van der Waals surface area contributed by atoms with Gasteiger partial charge in [0.05, 0.1) is 11.6 Å². The maximum Gasteiger partial charge on any atom is 0.131 e. The van der Waals surface area contributed by atoms with Crippen molar-refractivity contribution in [3.63, 3.8) is 0 Å². The number of nitrogens with zero attached hydrogens (tertiary/aromatic N) is 2. The lowest BCUT2D eigenvalue weighted by molar-refractivity contribution is 0.624. The van der Waals surface area contributed by atoms with Gasteiger partial charge in [0.2, 0.25) is 0 Å². The Morgan fingerprint density at radius 1 is 1.03 bits per heavy atom. The number of halogens is 2. The number of aromatic nitrogens is 1. The summed E-state index contributed by atoms with van der Waals surface area (Å²) >= 11 is 3.48. The van der Waals surface area contributed by atoms with E-state index >= 15 is 0 Å². The summed E-state index contributed by atoms with van der Waals surface area (Å²) in [5.74, 6) is -0.392. The summed E-state index contributed by atoms with van der Waals surface area (Å²) in [7, 11) is 0. The summed E-state index contributed by atoms with van der Waals surface area (Å²) in [5, 5.41) is 10.7. The summed E-state index contributed by atoms with van der Waals surface area (Å²) in [6.07, 6.45) is 1.80. The molecule has 0 aliphatic heterocycles. The Hall–Kier alpha value is -3.16. The molecule has 0 N–H and O–H groups in total. The van der Waals surface area contributed by atoms with Crippen LogP contribution in [0.25, 0.3) is 22.6 Å². The Morgan fingerprint density at radius 3 is 2.45 bits per heavy atom. The van der Waals surface area contributed by atoms with E-state index in [2.05, 4.69) is 44.8 Å². The highest BCUT2D eigenvalue weighted by atomic mass is 79.9. The first kappa shape index (κ1) is 19.2. The molecule has 4 rings (SSSR count). The van der Waals surface area contributed by atoms with Crippen molar-refractivity contribution in [1.82, 2.24) is 4.57 Å². The van der Waals surface area contributed by atoms with Crippen LogP contribution in [0, 0.1) is 24.1 Å². The molecule has 1 heterocycles. The molecule has 4 aromatic rings. The number of hydrogen-bond donors (Lipinski definition) is 0. The summed E-state index contributed by atoms with van der Waals surface area (Å²) < 4.78 is 17.5. The SMILES string of the molecule is Cc1c(C=C(C#N)c2ccccc2F)c2ccccc2n1Cc1ccc(Br)cc1. The van der Waals surface area contributed by atoms with Crippen LogP contribution in [0.15, 0.2) is 77.3 Å². The minimum Gasteiger partial charge on any atom is -0.340 e. The zero-order valence-electron chi connectivity index (χ0n) is 15.9. The molecule has 0 atom stereocenters. The smallest absolute Gasteiger partial charge is 0.131 e. The molecule has 0 aliphatic carbocycles. The third kappa shape index (κ3) is 3.74. The molecule has 0 amide bonds. The number of nitriles is 1. The zero-order valence-corrected chi connectivity index (χ0v) is 17.4. The van der Waals surface area contributed by atoms with E-state index in [9.17, 15) is 9.65 Å². The number of allylic oxidation sites excluding steroid dienone is 1. The van der Waals surface area contributed by atoms with Gasteiger partial charge in [0.25, 0.3) is 0 Å². The van der Waals surface area contributed by atoms with Crippen LogP contribution in [0.2, 0.25) is 0 Å². The molecule has 4 heteroatoms. The second-order valence-electron chi connectivity index (χ2n) is 6.88. The van der Waals surface area contributed by atoms with Crippen LogP contribution >= 0.6 is 15.9 Å². The van der Waals surface area contributed by atoms with Crippen molar-refractivity contribution in [3.8, 4) is 6.07 Å². The molecular weight excluding hydrogens is 427 g/mol. The van der Waals surface area contributed by atoms with Crippen molar-refractivity contribution in [1.29, 1.82) is 5.26 Å². The fourth-order valence-electron chi connectivity index (χ4n) is 3.61. The van der Waals surface area contributed by atoms with E-state index in [0.717, 1.165) is 33.2 Å². The minimum atomic E-state index is -0.392. The fourth-order valence-corrected chi connectivity index (χ4v) is 3.87. The van der Waals surface area contributed by atoms with E-state index in [4.69, 9.17) is 0 Å². The molecule has 1 aromatic heterocycles. The Morgan fingerprint density at radius 2 is 1.72 bits per heavy atom. The van der Waals surface area contributed by atoms with Gasteiger partial charge < -0.3 is 4.57 Å². The van der Waals surface area contributed by atoms with E-state index < -0.39 is 5.82 Å². The quantitative estimate of drug-likeness (QED) is 0.312. The molecule has 0 saturated heterocycles. The van der Waals surface area contributed by atoms with Crippen LogP contribution in [-0.4, -0.2) is 4.57 Å². The van der Waals surface area contributed by atoms with Crippen LogP contribution in [0.1, 0.15) is 22.4 Å². The normalized spacial score (nSPS) is 11.6. The van der Waals surface area contributed by atoms with Gasteiger partial charge in [-0.05, 0) is 42.8 Å². The largest absolute Gasteiger partial charge is 0.340 e. The molecular formula is C25H18BrFN2. The van der Waals surface area contributed by atoms with Gasteiger partial charge in [-0.15, -0.1) is 0 Å². The van der Waals surface area contributed by atoms with Crippen LogP contribution in [0.3, 0.4) is 0 Å². The van der Waals surface area contributed by atoms with Gasteiger partial charge >= 0.3 is 0 Å². The fraction of sp³-hybridized carbons (Fsp3) is 0.0800. The molecule has 0 radical (unpaired) electrons. The Bertz CT molecular complexity index is 1260. The lowest BCUT2D eigenvalue weighted by Crippen LogP contribution is -2.01. The summed E-state index contributed by atoms with van der Waals surface area (Å²) in [5.41, 5.74) is 4.89. The number of benzene rings is 3. The van der Waals surface area contributed by atoms with Crippen molar-refractivity contribution in [2.24, 2.45) is 0 Å². The molecule has 0 spiro atoms. The minimum absolute atomic E-state index is 0.317. The summed E-state index contributed by atoms with van der Waals surface area (Å²) in [4.78, 5) is 0. The molecule has 3 aromatic carbocycles. The van der Waals surface area contributed by atoms with Gasteiger partial charge in [-0.2, -0.15) is 5.26 Å². The standard InChI is InChI=1S/C25H18BrFN2/c1-17-23(14-19(15-28)21-6-2-4-8-24(21)27)22-7-3-5-9-25(22)29(17)16-18-10-12-20(26)13-11-18/h2-14H,16H2,1H3. The molecule has 0 unspecified atom stereocenters. The van der Waals surface area contributed by atoms with Gasteiger partial charge in [-0.3, -0.25) is 0 Å². The number of para-hydroxylation sites is 1. The summed E-state index contributed by atoms with van der Waals surface area (Å²) in [6, 6.07) is 24.9. The molecule has 0 bridgehead atoms. The lowest BCUT2D eigenvalue weighted by atomic mass is 10.0. The van der Waals surface area contributed by atoms with Gasteiger partial charge in [0.1, 0.15) is 5.82 Å². The third-order valence-electron chi connectivity index (χ3n) is 5.11. The monoisotopic (exact) mass is 444 g/mol. The summed E-state index contributed by atoms with van der Waals surface area (Å²) in [6.45, 7) is 2.76. The topological polar surface area (TPSA) is 28.7 Å². The van der Waals surface area contributed by atoms with Crippen molar-refractivity contribution < 1.29 is 4.39 Å². The van der Waals surface area contributed by atoms with Crippen molar-refractivity contribution in [2.45, 2.75) is 13.5 Å². The number of rotatable bonds is 4. The predicted octanol–water partition coefficient (Wildman–Crippen LogP) is 6.96. The average molecular weight is 445 g/mol. The van der Waals surface area contributed by atoms with Gasteiger partial charge in [-0.1, -0.05) is 64.5 Å². The first-order valence-corrected chi connectivity index (χ1v) is 10.1. The van der Waals surface area contributed by atoms with Crippen molar-refractivity contribution in [3.05, 3.63) is 105 Å². The van der Waals surface area contributed by atoms with E-state index in [0.29, 0.717) is 11.1 Å². The molecule has 29 heavy (non-hydrogen) atoms. The van der Waals surface area contributed by atoms with Gasteiger partial charge in [-0.25, -0.2) is 4.39 Å². The third-order valence-corrected chi connectivity index (χ3v) is 5.64. The zero-order chi connectivity index (χ0) is 20.4. The van der Waals surface area contributed by atoms with Gasteiger partial charge in [0.15, 0.2) is 0 Å². The van der Waals surface area contributed by atoms with Crippen molar-refractivity contribution >= 4 is 38.5 Å². The van der Waals surface area contributed by atoms with Crippen LogP contribution in [-0.2, 0) is 6.54 Å². The lowest BCUT2D eigenvalue weighted by Gasteiger charge is -2.09. The molecule has 142 valence electrons. The van der Waals surface area contributed by atoms with E-state index in [1.54, 1.807) is 24.3 Å². The average Bonchev–Trinajstić information content (AvgIpc) is 3.00. The molecule has 0 fully saturated rings. The molecule has 2 nitrogen and oxygen atoms in total. The van der Waals surface area contributed by atoms with E-state index in [-0.39, 0.29) is 0 Å². The van der Waals surface area contributed by atoms with E-state index in [1.807, 2.05) is 37.3 Å². The van der Waals surface area contributed by atoms with E-state index in [1.165, 1.54) is 11.6 Å². The van der Waals surface area contributed by atoms with Crippen molar-refractivity contribution in [2.75, 3.05) is 0 Å². The molecule has 0 aliphatic rings. The predicted molar refractivity (Wildman–Crippen MR) is 120 cm³/mol. The molecule has 0 saturated carbocycles. The number of fused-ring (bicyclic) bond motifs is 1. The first-order valence-electron chi connectivity index (χ1n) is 9.27.